The number of hydrogen-bond donors (Lipinski definition) is 1. The van der Waals surface area contributed by atoms with Gasteiger partial charge in [-0.25, -0.2) is 0 Å². The fourth-order valence-electron chi connectivity index (χ4n) is 4.25. The highest BCUT2D eigenvalue weighted by atomic mass is 16.5. The van der Waals surface area contributed by atoms with Crippen molar-refractivity contribution in [2.24, 2.45) is 0 Å². The van der Waals surface area contributed by atoms with E-state index in [9.17, 15) is 9.59 Å². The number of hydrogen-bond acceptors (Lipinski definition) is 5. The monoisotopic (exact) mass is 418 g/mol. The SMILES string of the molecule is Cc1noc(C)c1C(=O)NC(C)c1cncc(-c2ccc3c(c2)CCC(=O)N3C)c1C. The number of fused-ring (bicyclic) bond motifs is 1. The van der Waals surface area contributed by atoms with Gasteiger partial charge in [-0.1, -0.05) is 11.2 Å². The third kappa shape index (κ3) is 3.71. The van der Waals surface area contributed by atoms with E-state index in [1.54, 1.807) is 24.9 Å². The van der Waals surface area contributed by atoms with Crippen LogP contribution in [0.5, 0.6) is 0 Å². The molecule has 0 radical (unpaired) electrons. The summed E-state index contributed by atoms with van der Waals surface area (Å²) in [6.07, 6.45) is 4.90. The van der Waals surface area contributed by atoms with Crippen LogP contribution in [0.15, 0.2) is 35.1 Å². The van der Waals surface area contributed by atoms with Gasteiger partial charge in [0.05, 0.1) is 11.7 Å². The van der Waals surface area contributed by atoms with E-state index < -0.39 is 0 Å². The Labute approximate surface area is 181 Å². The summed E-state index contributed by atoms with van der Waals surface area (Å²) in [7, 11) is 1.82. The Balaban J connectivity index is 1.63. The predicted molar refractivity (Wildman–Crippen MR) is 118 cm³/mol. The van der Waals surface area contributed by atoms with E-state index in [4.69, 9.17) is 4.52 Å². The van der Waals surface area contributed by atoms with Crippen molar-refractivity contribution < 1.29 is 14.1 Å². The summed E-state index contributed by atoms with van der Waals surface area (Å²) in [5, 5.41) is 6.90. The van der Waals surface area contributed by atoms with Gasteiger partial charge in [0, 0.05) is 37.1 Å². The van der Waals surface area contributed by atoms with Gasteiger partial charge in [0.1, 0.15) is 11.3 Å². The number of aryl methyl sites for hydroxylation is 3. The summed E-state index contributed by atoms with van der Waals surface area (Å²) in [4.78, 5) is 30.9. The first-order valence-electron chi connectivity index (χ1n) is 10.4. The number of benzene rings is 1. The Morgan fingerprint density at radius 3 is 2.68 bits per heavy atom. The third-order valence-electron chi connectivity index (χ3n) is 6.06. The van der Waals surface area contributed by atoms with Crippen LogP contribution < -0.4 is 10.2 Å². The van der Waals surface area contributed by atoms with E-state index in [0.29, 0.717) is 23.4 Å². The van der Waals surface area contributed by atoms with Gasteiger partial charge in [-0.05, 0) is 68.5 Å². The molecule has 1 aliphatic heterocycles. The Kier molecular flexibility index (Phi) is 5.35. The molecule has 0 spiro atoms. The molecule has 1 N–H and O–H groups in total. The summed E-state index contributed by atoms with van der Waals surface area (Å²) in [5.41, 5.74) is 7.23. The van der Waals surface area contributed by atoms with Crippen LogP contribution in [-0.2, 0) is 11.2 Å². The van der Waals surface area contributed by atoms with E-state index in [0.717, 1.165) is 39.9 Å². The summed E-state index contributed by atoms with van der Waals surface area (Å²) in [6, 6.07) is 5.92. The molecule has 0 bridgehead atoms. The average molecular weight is 418 g/mol. The lowest BCUT2D eigenvalue weighted by atomic mass is 9.92. The molecule has 1 aromatic carbocycles. The number of aromatic nitrogens is 2. The molecule has 0 aliphatic carbocycles. The maximum Gasteiger partial charge on any atom is 0.257 e. The standard InChI is InChI=1S/C24H26N4O3/c1-13-19(14(2)26-24(30)23-15(3)27-31-16(23)4)11-25-12-20(13)17-6-8-21-18(10-17)7-9-22(29)28(21)5/h6,8,10-12,14H,7,9H2,1-5H3,(H,26,30). The first kappa shape index (κ1) is 20.8. The van der Waals surface area contributed by atoms with E-state index in [2.05, 4.69) is 21.5 Å². The summed E-state index contributed by atoms with van der Waals surface area (Å²) in [6.45, 7) is 7.47. The lowest BCUT2D eigenvalue weighted by molar-refractivity contribution is -0.118. The minimum absolute atomic E-state index is 0.142. The predicted octanol–water partition coefficient (Wildman–Crippen LogP) is 4.06. The molecule has 1 aliphatic rings. The molecule has 160 valence electrons. The molecule has 0 fully saturated rings. The first-order chi connectivity index (χ1) is 14.8. The molecule has 1 unspecified atom stereocenters. The van der Waals surface area contributed by atoms with E-state index >= 15 is 0 Å². The van der Waals surface area contributed by atoms with Crippen molar-refractivity contribution in [2.45, 2.75) is 46.6 Å². The number of nitrogens with one attached hydrogen (secondary N) is 1. The van der Waals surface area contributed by atoms with E-state index in [-0.39, 0.29) is 17.9 Å². The minimum atomic E-state index is -0.241. The van der Waals surface area contributed by atoms with Crippen molar-refractivity contribution in [2.75, 3.05) is 11.9 Å². The van der Waals surface area contributed by atoms with E-state index in [1.807, 2.05) is 39.2 Å². The quantitative estimate of drug-likeness (QED) is 0.690. The Hall–Kier alpha value is -3.48. The molecule has 7 heteroatoms. The van der Waals surface area contributed by atoms with Gasteiger partial charge in [-0.2, -0.15) is 0 Å². The number of amides is 2. The van der Waals surface area contributed by atoms with Gasteiger partial charge in [0.2, 0.25) is 5.91 Å². The van der Waals surface area contributed by atoms with Gasteiger partial charge < -0.3 is 14.7 Å². The van der Waals surface area contributed by atoms with E-state index in [1.165, 1.54) is 0 Å². The number of anilines is 1. The van der Waals surface area contributed by atoms with Crippen molar-refractivity contribution in [1.29, 1.82) is 0 Å². The largest absolute Gasteiger partial charge is 0.361 e. The van der Waals surface area contributed by atoms with Gasteiger partial charge in [0.25, 0.3) is 5.91 Å². The van der Waals surface area contributed by atoms with Crippen LogP contribution in [0.4, 0.5) is 5.69 Å². The van der Waals surface area contributed by atoms with Crippen molar-refractivity contribution in [3.8, 4) is 11.1 Å². The highest BCUT2D eigenvalue weighted by Gasteiger charge is 2.23. The molecule has 7 nitrogen and oxygen atoms in total. The molecule has 31 heavy (non-hydrogen) atoms. The molecular weight excluding hydrogens is 392 g/mol. The second-order valence-corrected chi connectivity index (χ2v) is 8.09. The zero-order chi connectivity index (χ0) is 22.3. The average Bonchev–Trinajstić information content (AvgIpc) is 3.08. The number of carbonyl (C=O) groups is 2. The zero-order valence-electron chi connectivity index (χ0n) is 18.4. The molecule has 0 saturated carbocycles. The molecule has 2 aromatic heterocycles. The van der Waals surface area contributed by atoms with Crippen LogP contribution in [-0.4, -0.2) is 29.0 Å². The smallest absolute Gasteiger partial charge is 0.257 e. The number of rotatable bonds is 4. The van der Waals surface area contributed by atoms with Gasteiger partial charge in [-0.15, -0.1) is 0 Å². The lowest BCUT2D eigenvalue weighted by Gasteiger charge is -2.26. The number of carbonyl (C=O) groups excluding carboxylic acids is 2. The second kappa shape index (κ2) is 7.98. The molecule has 4 rings (SSSR count). The highest BCUT2D eigenvalue weighted by molar-refractivity contribution is 5.97. The van der Waals surface area contributed by atoms with Crippen molar-refractivity contribution >= 4 is 17.5 Å². The zero-order valence-corrected chi connectivity index (χ0v) is 18.4. The Bertz CT molecular complexity index is 1160. The topological polar surface area (TPSA) is 88.3 Å². The summed E-state index contributed by atoms with van der Waals surface area (Å²) >= 11 is 0. The van der Waals surface area contributed by atoms with Crippen LogP contribution in [0.1, 0.15) is 57.9 Å². The van der Waals surface area contributed by atoms with Crippen LogP contribution in [0, 0.1) is 20.8 Å². The highest BCUT2D eigenvalue weighted by Crippen LogP contribution is 2.34. The fourth-order valence-corrected chi connectivity index (χ4v) is 4.25. The van der Waals surface area contributed by atoms with Crippen LogP contribution >= 0.6 is 0 Å². The molecule has 3 heterocycles. The third-order valence-corrected chi connectivity index (χ3v) is 6.06. The molecule has 1 atom stereocenters. The van der Waals surface area contributed by atoms with Crippen molar-refractivity contribution in [3.05, 3.63) is 64.3 Å². The summed E-state index contributed by atoms with van der Waals surface area (Å²) in [5.74, 6) is 0.432. The van der Waals surface area contributed by atoms with Gasteiger partial charge in [-0.3, -0.25) is 14.6 Å². The van der Waals surface area contributed by atoms with Crippen molar-refractivity contribution in [1.82, 2.24) is 15.5 Å². The fraction of sp³-hybridized carbons (Fsp3) is 0.333. The number of pyridine rings is 1. The van der Waals surface area contributed by atoms with Crippen LogP contribution in [0.25, 0.3) is 11.1 Å². The van der Waals surface area contributed by atoms with Crippen LogP contribution in [0.3, 0.4) is 0 Å². The Morgan fingerprint density at radius 2 is 1.97 bits per heavy atom. The second-order valence-electron chi connectivity index (χ2n) is 8.09. The number of nitrogens with zero attached hydrogens (tertiary/aromatic N) is 3. The summed E-state index contributed by atoms with van der Waals surface area (Å²) < 4.78 is 5.12. The van der Waals surface area contributed by atoms with Gasteiger partial charge >= 0.3 is 0 Å². The van der Waals surface area contributed by atoms with Crippen molar-refractivity contribution in [3.63, 3.8) is 0 Å². The molecular formula is C24H26N4O3. The lowest BCUT2D eigenvalue weighted by Crippen LogP contribution is -2.31. The molecule has 3 aromatic rings. The first-order valence-corrected chi connectivity index (χ1v) is 10.4. The maximum absolute atomic E-state index is 12.8. The molecule has 2 amide bonds. The maximum atomic E-state index is 12.8. The molecule has 0 saturated heterocycles. The minimum Gasteiger partial charge on any atom is -0.361 e. The van der Waals surface area contributed by atoms with Gasteiger partial charge in [0.15, 0.2) is 0 Å². The Morgan fingerprint density at radius 1 is 1.19 bits per heavy atom. The van der Waals surface area contributed by atoms with Crippen LogP contribution in [0.2, 0.25) is 0 Å². The normalized spacial score (nSPS) is 14.4.